The molecule has 176 valence electrons. The molecule has 0 fully saturated rings. The molecule has 2 amide bonds. The zero-order valence-corrected chi connectivity index (χ0v) is 18.8. The number of urea groups is 1. The second kappa shape index (κ2) is 9.77. The van der Waals surface area contributed by atoms with Crippen molar-refractivity contribution in [1.29, 1.82) is 0 Å². The number of aromatic nitrogens is 4. The number of carbonyl (C=O) groups excluding carboxylic acids is 1. The van der Waals surface area contributed by atoms with Crippen molar-refractivity contribution in [2.24, 2.45) is 7.05 Å². The van der Waals surface area contributed by atoms with Crippen LogP contribution < -0.4 is 20.3 Å². The fraction of sp³-hybridized carbons (Fsp3) is 0.263. The van der Waals surface area contributed by atoms with Gasteiger partial charge in [0.25, 0.3) is 0 Å². The first-order valence-electron chi connectivity index (χ1n) is 9.71. The van der Waals surface area contributed by atoms with Crippen molar-refractivity contribution in [3.8, 4) is 0 Å². The minimum Gasteiger partial charge on any atom is -0.323 e. The number of hydrogen-bond acceptors (Lipinski definition) is 7. The van der Waals surface area contributed by atoms with Crippen molar-refractivity contribution in [2.45, 2.75) is 13.3 Å². The van der Waals surface area contributed by atoms with Gasteiger partial charge in [0.1, 0.15) is 29.5 Å². The van der Waals surface area contributed by atoms with Gasteiger partial charge in [-0.1, -0.05) is 6.92 Å². The van der Waals surface area contributed by atoms with E-state index in [0.29, 0.717) is 18.1 Å². The number of aryl methyl sites for hydroxylation is 1. The summed E-state index contributed by atoms with van der Waals surface area (Å²) in [6.07, 6.45) is 3.24. The summed E-state index contributed by atoms with van der Waals surface area (Å²) in [4.78, 5) is 21.7. The molecule has 0 saturated carbocycles. The molecule has 11 nitrogen and oxygen atoms in total. The monoisotopic (exact) mass is 480 g/mol. The van der Waals surface area contributed by atoms with Gasteiger partial charge in [-0.3, -0.25) is 14.3 Å². The Hall–Kier alpha value is -3.81. The first-order valence-corrected chi connectivity index (χ1v) is 11.4. The van der Waals surface area contributed by atoms with Gasteiger partial charge >= 0.3 is 6.03 Å². The SMILES string of the molecule is CCCS(=O)(=O)Nc1ccc(F)c(NC(=O)N(C)c2cc(Nc3ccn(C)n3)ncn2)c1F. The molecule has 2 aromatic heterocycles. The van der Waals surface area contributed by atoms with Gasteiger partial charge in [-0.15, -0.1) is 0 Å². The van der Waals surface area contributed by atoms with E-state index in [2.05, 4.69) is 30.4 Å². The lowest BCUT2D eigenvalue weighted by atomic mass is 10.2. The van der Waals surface area contributed by atoms with Crippen LogP contribution in [0.4, 0.5) is 42.4 Å². The third-order valence-corrected chi connectivity index (χ3v) is 5.81. The summed E-state index contributed by atoms with van der Waals surface area (Å²) in [6, 6.07) is 4.03. The van der Waals surface area contributed by atoms with Crippen molar-refractivity contribution in [3.63, 3.8) is 0 Å². The molecule has 3 rings (SSSR count). The highest BCUT2D eigenvalue weighted by Crippen LogP contribution is 2.27. The minimum absolute atomic E-state index is 0.126. The summed E-state index contributed by atoms with van der Waals surface area (Å²) in [5, 5.41) is 9.21. The maximum absolute atomic E-state index is 14.8. The van der Waals surface area contributed by atoms with Crippen molar-refractivity contribution in [2.75, 3.05) is 33.1 Å². The molecule has 0 spiro atoms. The fourth-order valence-corrected chi connectivity index (χ4v) is 3.87. The normalized spacial score (nSPS) is 11.2. The highest BCUT2D eigenvalue weighted by Gasteiger charge is 2.22. The van der Waals surface area contributed by atoms with Gasteiger partial charge in [0.05, 0.1) is 11.4 Å². The van der Waals surface area contributed by atoms with Gasteiger partial charge in [0, 0.05) is 32.4 Å². The molecule has 0 aliphatic rings. The van der Waals surface area contributed by atoms with Crippen LogP contribution in [0.25, 0.3) is 0 Å². The summed E-state index contributed by atoms with van der Waals surface area (Å²) in [6.45, 7) is 1.65. The van der Waals surface area contributed by atoms with Gasteiger partial charge in [-0.2, -0.15) is 5.10 Å². The molecular formula is C19H22F2N8O3S. The molecular weight excluding hydrogens is 458 g/mol. The van der Waals surface area contributed by atoms with Crippen LogP contribution in [0.1, 0.15) is 13.3 Å². The second-order valence-electron chi connectivity index (χ2n) is 6.96. The first-order chi connectivity index (χ1) is 15.6. The van der Waals surface area contributed by atoms with Crippen LogP contribution in [0.5, 0.6) is 0 Å². The lowest BCUT2D eigenvalue weighted by Gasteiger charge is -2.19. The molecule has 0 saturated heterocycles. The van der Waals surface area contributed by atoms with Crippen LogP contribution in [0.3, 0.4) is 0 Å². The highest BCUT2D eigenvalue weighted by molar-refractivity contribution is 7.92. The van der Waals surface area contributed by atoms with Crippen molar-refractivity contribution < 1.29 is 22.0 Å². The van der Waals surface area contributed by atoms with Crippen molar-refractivity contribution in [3.05, 3.63) is 48.4 Å². The van der Waals surface area contributed by atoms with Gasteiger partial charge in [0.15, 0.2) is 11.6 Å². The number of amides is 2. The molecule has 3 N–H and O–H groups in total. The Morgan fingerprint density at radius 2 is 1.94 bits per heavy atom. The Bertz CT molecular complexity index is 1270. The number of carbonyl (C=O) groups is 1. The molecule has 0 aliphatic carbocycles. The summed E-state index contributed by atoms with van der Waals surface area (Å²) in [5.74, 6) is -1.59. The van der Waals surface area contributed by atoms with Crippen LogP contribution >= 0.6 is 0 Å². The van der Waals surface area contributed by atoms with E-state index in [-0.39, 0.29) is 11.6 Å². The van der Waals surface area contributed by atoms with E-state index in [0.717, 1.165) is 17.0 Å². The first kappa shape index (κ1) is 23.8. The second-order valence-corrected chi connectivity index (χ2v) is 8.80. The maximum atomic E-state index is 14.8. The molecule has 0 radical (unpaired) electrons. The highest BCUT2D eigenvalue weighted by atomic mass is 32.2. The van der Waals surface area contributed by atoms with E-state index in [1.807, 2.05) is 0 Å². The molecule has 0 unspecified atom stereocenters. The van der Waals surface area contributed by atoms with E-state index < -0.39 is 39.1 Å². The Morgan fingerprint density at radius 3 is 2.61 bits per heavy atom. The summed E-state index contributed by atoms with van der Waals surface area (Å²) >= 11 is 0. The minimum atomic E-state index is -3.82. The van der Waals surface area contributed by atoms with Crippen LogP contribution in [-0.4, -0.2) is 47.0 Å². The molecule has 0 aliphatic heterocycles. The lowest BCUT2D eigenvalue weighted by molar-refractivity contribution is 0.257. The van der Waals surface area contributed by atoms with Crippen LogP contribution in [0, 0.1) is 11.6 Å². The quantitative estimate of drug-likeness (QED) is 0.451. The van der Waals surface area contributed by atoms with Gasteiger partial charge < -0.3 is 10.6 Å². The molecule has 1 aromatic carbocycles. The number of anilines is 5. The van der Waals surface area contributed by atoms with Crippen LogP contribution in [0.15, 0.2) is 36.8 Å². The Morgan fingerprint density at radius 1 is 1.18 bits per heavy atom. The molecule has 0 atom stereocenters. The summed E-state index contributed by atoms with van der Waals surface area (Å²) < 4.78 is 56.6. The summed E-state index contributed by atoms with van der Waals surface area (Å²) in [5.41, 5.74) is -1.28. The van der Waals surface area contributed by atoms with Crippen LogP contribution in [0.2, 0.25) is 0 Å². The molecule has 2 heterocycles. The van der Waals surface area contributed by atoms with Gasteiger partial charge in [-0.05, 0) is 18.6 Å². The van der Waals surface area contributed by atoms with E-state index in [9.17, 15) is 22.0 Å². The third-order valence-electron chi connectivity index (χ3n) is 4.33. The Balaban J connectivity index is 1.78. The molecule has 3 aromatic rings. The number of nitrogens with one attached hydrogen (secondary N) is 3. The van der Waals surface area contributed by atoms with E-state index in [1.54, 1.807) is 30.9 Å². The van der Waals surface area contributed by atoms with Gasteiger partial charge in [0.2, 0.25) is 10.0 Å². The predicted octanol–water partition coefficient (Wildman–Crippen LogP) is 3.05. The molecule has 33 heavy (non-hydrogen) atoms. The van der Waals surface area contributed by atoms with E-state index >= 15 is 0 Å². The smallest absolute Gasteiger partial charge is 0.323 e. The Kier molecular flexibility index (Phi) is 7.06. The zero-order chi connectivity index (χ0) is 24.2. The predicted molar refractivity (Wildman–Crippen MR) is 120 cm³/mol. The largest absolute Gasteiger partial charge is 0.327 e. The topological polar surface area (TPSA) is 134 Å². The standard InChI is InChI=1S/C19H22F2N8O3S/c1-4-9-33(31,32)27-13-6-5-12(20)18(17(13)21)25-19(30)29(3)16-10-15(22-11-23-16)24-14-7-8-28(2)26-14/h5-8,10-11,27H,4,9H2,1-3H3,(H,25,30)(H,22,23,24,26). The Labute approximate surface area is 188 Å². The average Bonchev–Trinajstić information content (AvgIpc) is 3.17. The molecule has 0 bridgehead atoms. The number of nitrogens with zero attached hydrogens (tertiary/aromatic N) is 5. The van der Waals surface area contributed by atoms with Crippen molar-refractivity contribution in [1.82, 2.24) is 19.7 Å². The lowest BCUT2D eigenvalue weighted by Crippen LogP contribution is -2.32. The van der Waals surface area contributed by atoms with E-state index in [4.69, 9.17) is 0 Å². The van der Waals surface area contributed by atoms with Gasteiger partial charge in [-0.25, -0.2) is 32.0 Å². The van der Waals surface area contributed by atoms with E-state index in [1.165, 1.54) is 19.4 Å². The third kappa shape index (κ3) is 5.91. The fourth-order valence-electron chi connectivity index (χ4n) is 2.74. The summed E-state index contributed by atoms with van der Waals surface area (Å²) in [7, 11) is -0.734. The number of rotatable bonds is 8. The zero-order valence-electron chi connectivity index (χ0n) is 18.0. The number of benzene rings is 1. The maximum Gasteiger partial charge on any atom is 0.327 e. The number of sulfonamides is 1. The molecule has 14 heteroatoms. The number of halogens is 2. The van der Waals surface area contributed by atoms with Crippen LogP contribution in [-0.2, 0) is 17.1 Å². The number of hydrogen-bond donors (Lipinski definition) is 3. The van der Waals surface area contributed by atoms with Crippen molar-refractivity contribution >= 4 is 44.9 Å². The average molecular weight is 481 g/mol.